The van der Waals surface area contributed by atoms with Crippen LogP contribution in [0.25, 0.3) is 0 Å². The van der Waals surface area contributed by atoms with E-state index < -0.39 is 6.17 Å². The topological polar surface area (TPSA) is 81.8 Å². The molecule has 1 rings (SSSR count). The summed E-state index contributed by atoms with van der Waals surface area (Å²) in [6, 6.07) is 0. The Morgan fingerprint density at radius 1 is 1.64 bits per heavy atom. The molecule has 1 atom stereocenters. The van der Waals surface area contributed by atoms with Crippen LogP contribution in [0.4, 0.5) is 0 Å². The molecule has 0 spiro atoms. The number of rotatable bonds is 4. The van der Waals surface area contributed by atoms with E-state index in [2.05, 4.69) is 10.6 Å². The van der Waals surface area contributed by atoms with E-state index in [1.807, 2.05) is 0 Å². The molecule has 1 aliphatic rings. The SMILES string of the molecule is CN1CC(=O)NC(CNC=O)N1C=O. The van der Waals surface area contributed by atoms with Gasteiger partial charge >= 0.3 is 0 Å². The molecule has 1 heterocycles. The van der Waals surface area contributed by atoms with Crippen molar-refractivity contribution in [1.29, 1.82) is 0 Å². The van der Waals surface area contributed by atoms with Gasteiger partial charge in [0.05, 0.1) is 13.1 Å². The molecule has 0 bridgehead atoms. The Labute approximate surface area is 81.0 Å². The molecule has 1 saturated heterocycles. The molecule has 1 unspecified atom stereocenters. The fourth-order valence-electron chi connectivity index (χ4n) is 1.28. The molecule has 0 aromatic rings. The smallest absolute Gasteiger partial charge is 0.237 e. The third-order valence-electron chi connectivity index (χ3n) is 1.92. The van der Waals surface area contributed by atoms with Gasteiger partial charge in [0.2, 0.25) is 18.7 Å². The summed E-state index contributed by atoms with van der Waals surface area (Å²) in [5, 5.41) is 7.78. The van der Waals surface area contributed by atoms with Gasteiger partial charge in [-0.3, -0.25) is 19.4 Å². The first-order chi connectivity index (χ1) is 6.69. The third-order valence-corrected chi connectivity index (χ3v) is 1.92. The molecule has 1 aliphatic heterocycles. The summed E-state index contributed by atoms with van der Waals surface area (Å²) in [7, 11) is 1.63. The van der Waals surface area contributed by atoms with E-state index in [4.69, 9.17) is 0 Å². The van der Waals surface area contributed by atoms with Crippen molar-refractivity contribution < 1.29 is 14.4 Å². The minimum absolute atomic E-state index is 0.135. The van der Waals surface area contributed by atoms with Crippen LogP contribution in [0, 0.1) is 0 Å². The molecule has 14 heavy (non-hydrogen) atoms. The molecule has 78 valence electrons. The second-order valence-corrected chi connectivity index (χ2v) is 2.91. The van der Waals surface area contributed by atoms with E-state index in [0.29, 0.717) is 12.8 Å². The Kier molecular flexibility index (Phi) is 3.41. The lowest BCUT2D eigenvalue weighted by Gasteiger charge is -2.39. The predicted molar refractivity (Wildman–Crippen MR) is 46.5 cm³/mol. The van der Waals surface area contributed by atoms with Crippen molar-refractivity contribution in [3.63, 3.8) is 0 Å². The van der Waals surface area contributed by atoms with Crippen LogP contribution in [0.5, 0.6) is 0 Å². The van der Waals surface area contributed by atoms with Gasteiger partial charge in [-0.25, -0.2) is 5.01 Å². The first-order valence-corrected chi connectivity index (χ1v) is 4.10. The van der Waals surface area contributed by atoms with Crippen molar-refractivity contribution in [3.05, 3.63) is 0 Å². The van der Waals surface area contributed by atoms with Crippen molar-refractivity contribution in [3.8, 4) is 0 Å². The maximum Gasteiger partial charge on any atom is 0.237 e. The molecule has 7 nitrogen and oxygen atoms in total. The molecule has 3 amide bonds. The van der Waals surface area contributed by atoms with Gasteiger partial charge in [0, 0.05) is 7.05 Å². The normalized spacial score (nSPS) is 22.8. The highest BCUT2D eigenvalue weighted by Gasteiger charge is 2.28. The second-order valence-electron chi connectivity index (χ2n) is 2.91. The maximum atomic E-state index is 11.1. The Morgan fingerprint density at radius 3 is 2.93 bits per heavy atom. The van der Waals surface area contributed by atoms with E-state index >= 15 is 0 Å². The number of nitrogens with zero attached hydrogens (tertiary/aromatic N) is 2. The van der Waals surface area contributed by atoms with Gasteiger partial charge in [0.25, 0.3) is 0 Å². The van der Waals surface area contributed by atoms with Gasteiger partial charge in [-0.05, 0) is 0 Å². The fraction of sp³-hybridized carbons (Fsp3) is 0.571. The van der Waals surface area contributed by atoms with E-state index in [1.54, 1.807) is 7.05 Å². The Bertz CT molecular complexity index is 245. The number of carbonyl (C=O) groups excluding carboxylic acids is 3. The monoisotopic (exact) mass is 200 g/mol. The fourth-order valence-corrected chi connectivity index (χ4v) is 1.28. The molecule has 2 N–H and O–H groups in total. The van der Waals surface area contributed by atoms with Crippen molar-refractivity contribution in [2.45, 2.75) is 6.17 Å². The van der Waals surface area contributed by atoms with Crippen LogP contribution in [0.3, 0.4) is 0 Å². The summed E-state index contributed by atoms with van der Waals surface area (Å²) in [5.41, 5.74) is 0. The molecular formula is C7H12N4O3. The van der Waals surface area contributed by atoms with E-state index in [0.717, 1.165) is 0 Å². The zero-order valence-electron chi connectivity index (χ0n) is 7.77. The van der Waals surface area contributed by atoms with Crippen molar-refractivity contribution in [1.82, 2.24) is 20.7 Å². The quantitative estimate of drug-likeness (QED) is 0.491. The number of nitrogens with one attached hydrogen (secondary N) is 2. The van der Waals surface area contributed by atoms with Crippen LogP contribution >= 0.6 is 0 Å². The predicted octanol–water partition coefficient (Wildman–Crippen LogP) is -2.51. The Hall–Kier alpha value is -1.63. The molecule has 0 saturated carbocycles. The van der Waals surface area contributed by atoms with Gasteiger partial charge < -0.3 is 10.6 Å². The molecule has 0 aliphatic carbocycles. The molecule has 0 aromatic heterocycles. The van der Waals surface area contributed by atoms with Crippen LogP contribution < -0.4 is 10.6 Å². The van der Waals surface area contributed by atoms with E-state index in [1.165, 1.54) is 10.0 Å². The molecule has 7 heteroatoms. The number of hydrazine groups is 1. The summed E-state index contributed by atoms with van der Waals surface area (Å²) in [5.74, 6) is -0.178. The maximum absolute atomic E-state index is 11.1. The van der Waals surface area contributed by atoms with Crippen molar-refractivity contribution in [2.75, 3.05) is 20.1 Å². The molecule has 0 radical (unpaired) electrons. The van der Waals surface area contributed by atoms with E-state index in [-0.39, 0.29) is 19.0 Å². The molecular weight excluding hydrogens is 188 g/mol. The Balaban J connectivity index is 2.62. The molecule has 1 fully saturated rings. The highest BCUT2D eigenvalue weighted by Crippen LogP contribution is 2.02. The summed E-state index contributed by atoms with van der Waals surface area (Å²) in [6.07, 6.45) is 0.615. The second kappa shape index (κ2) is 4.56. The largest absolute Gasteiger partial charge is 0.355 e. The average molecular weight is 200 g/mol. The van der Waals surface area contributed by atoms with Crippen molar-refractivity contribution in [2.24, 2.45) is 0 Å². The minimum Gasteiger partial charge on any atom is -0.355 e. The van der Waals surface area contributed by atoms with Gasteiger partial charge in [-0.2, -0.15) is 0 Å². The molecule has 0 aromatic carbocycles. The first-order valence-electron chi connectivity index (χ1n) is 4.10. The van der Waals surface area contributed by atoms with Gasteiger partial charge in [-0.15, -0.1) is 0 Å². The lowest BCUT2D eigenvalue weighted by atomic mass is 10.3. The van der Waals surface area contributed by atoms with Gasteiger partial charge in [0.15, 0.2) is 0 Å². The van der Waals surface area contributed by atoms with Crippen LogP contribution in [0.15, 0.2) is 0 Å². The van der Waals surface area contributed by atoms with Gasteiger partial charge in [0.1, 0.15) is 6.17 Å². The number of amides is 3. The minimum atomic E-state index is -0.510. The lowest BCUT2D eigenvalue weighted by molar-refractivity contribution is -0.155. The number of hydrogen-bond acceptors (Lipinski definition) is 4. The van der Waals surface area contributed by atoms with Crippen LogP contribution in [-0.4, -0.2) is 55.0 Å². The lowest BCUT2D eigenvalue weighted by Crippen LogP contribution is -2.64. The summed E-state index contributed by atoms with van der Waals surface area (Å²) >= 11 is 0. The summed E-state index contributed by atoms with van der Waals surface area (Å²) in [6.45, 7) is 0.328. The summed E-state index contributed by atoms with van der Waals surface area (Å²) < 4.78 is 0. The average Bonchev–Trinajstić information content (AvgIpc) is 2.14. The number of carbonyl (C=O) groups is 3. The van der Waals surface area contributed by atoms with Crippen molar-refractivity contribution >= 4 is 18.7 Å². The number of hydrogen-bond donors (Lipinski definition) is 2. The van der Waals surface area contributed by atoms with Crippen LogP contribution in [0.2, 0.25) is 0 Å². The standard InChI is InChI=1S/C7H12N4O3/c1-10-3-7(14)9-6(2-8-4-12)11(10)5-13/h4-6H,2-3H2,1H3,(H,8,12)(H,9,14). The third kappa shape index (κ3) is 2.19. The van der Waals surface area contributed by atoms with Crippen LogP contribution in [-0.2, 0) is 14.4 Å². The zero-order chi connectivity index (χ0) is 10.6. The summed E-state index contributed by atoms with van der Waals surface area (Å²) in [4.78, 5) is 31.8. The number of likely N-dealkylation sites (N-methyl/N-ethyl adjacent to an activating group) is 1. The Morgan fingerprint density at radius 2 is 2.36 bits per heavy atom. The highest BCUT2D eigenvalue weighted by molar-refractivity contribution is 5.79. The van der Waals surface area contributed by atoms with Crippen LogP contribution in [0.1, 0.15) is 0 Å². The zero-order valence-corrected chi connectivity index (χ0v) is 7.77. The van der Waals surface area contributed by atoms with Gasteiger partial charge in [-0.1, -0.05) is 0 Å². The first kappa shape index (κ1) is 10.5. The highest BCUT2D eigenvalue weighted by atomic mass is 16.2. The van der Waals surface area contributed by atoms with E-state index in [9.17, 15) is 14.4 Å².